The van der Waals surface area contributed by atoms with E-state index in [-0.39, 0.29) is 23.7 Å². The van der Waals surface area contributed by atoms with Crippen molar-refractivity contribution >= 4 is 12.1 Å². The number of rotatable bonds is 6. The molecule has 1 amide bonds. The largest absolute Gasteiger partial charge is 0.504 e. The minimum atomic E-state index is -0.475. The second-order valence-corrected chi connectivity index (χ2v) is 6.01. The van der Waals surface area contributed by atoms with Crippen LogP contribution in [0, 0.1) is 11.3 Å². The Hall–Kier alpha value is -4.31. The van der Waals surface area contributed by atoms with Gasteiger partial charge in [0.15, 0.2) is 18.1 Å². The van der Waals surface area contributed by atoms with Gasteiger partial charge in [-0.05, 0) is 47.5 Å². The first-order valence-corrected chi connectivity index (χ1v) is 8.63. The lowest BCUT2D eigenvalue weighted by Gasteiger charge is -2.07. The van der Waals surface area contributed by atoms with E-state index in [1.54, 1.807) is 30.3 Å². The van der Waals surface area contributed by atoms with Gasteiger partial charge in [0, 0.05) is 5.56 Å². The van der Waals surface area contributed by atoms with Crippen molar-refractivity contribution in [2.24, 2.45) is 5.10 Å². The van der Waals surface area contributed by atoms with Gasteiger partial charge in [0.2, 0.25) is 0 Å². The van der Waals surface area contributed by atoms with Gasteiger partial charge in [0.05, 0.1) is 17.8 Å². The second-order valence-electron chi connectivity index (χ2n) is 6.01. The predicted octanol–water partition coefficient (Wildman–Crippen LogP) is 3.17. The maximum absolute atomic E-state index is 11.8. The Labute approximate surface area is 167 Å². The molecular weight excluding hydrogens is 370 g/mol. The Morgan fingerprint density at radius 3 is 2.34 bits per heavy atom. The summed E-state index contributed by atoms with van der Waals surface area (Å²) >= 11 is 0. The minimum Gasteiger partial charge on any atom is -0.504 e. The molecule has 3 N–H and O–H groups in total. The molecule has 7 heteroatoms. The summed E-state index contributed by atoms with van der Waals surface area (Å²) in [7, 11) is 0. The lowest BCUT2D eigenvalue weighted by atomic mass is 10.0. The molecule has 0 saturated carbocycles. The smallest absolute Gasteiger partial charge is 0.277 e. The average molecular weight is 387 g/mol. The molecule has 3 aromatic carbocycles. The van der Waals surface area contributed by atoms with E-state index in [1.807, 2.05) is 24.3 Å². The number of phenols is 2. The van der Waals surface area contributed by atoms with Gasteiger partial charge in [0.25, 0.3) is 5.91 Å². The molecule has 144 valence electrons. The van der Waals surface area contributed by atoms with E-state index >= 15 is 0 Å². The van der Waals surface area contributed by atoms with Crippen LogP contribution in [0.25, 0.3) is 11.1 Å². The summed E-state index contributed by atoms with van der Waals surface area (Å²) in [4.78, 5) is 11.8. The highest BCUT2D eigenvalue weighted by Gasteiger charge is 2.05. The van der Waals surface area contributed by atoms with E-state index in [0.29, 0.717) is 11.3 Å². The molecule has 0 radical (unpaired) electrons. The van der Waals surface area contributed by atoms with Gasteiger partial charge in [-0.15, -0.1) is 0 Å². The number of amides is 1. The number of phenolic OH excluding ortho intramolecular Hbond substituents is 2. The Morgan fingerprint density at radius 2 is 1.69 bits per heavy atom. The first-order valence-electron chi connectivity index (χ1n) is 8.63. The van der Waals surface area contributed by atoms with E-state index in [1.165, 1.54) is 18.3 Å². The number of para-hydroxylation sites is 1. The molecule has 3 aromatic rings. The zero-order valence-electron chi connectivity index (χ0n) is 15.2. The third kappa shape index (κ3) is 5.11. The fourth-order valence-corrected chi connectivity index (χ4v) is 2.49. The summed E-state index contributed by atoms with van der Waals surface area (Å²) in [5, 5.41) is 31.6. The number of carbonyl (C=O) groups excluding carboxylic acids is 1. The van der Waals surface area contributed by atoms with Crippen LogP contribution in [-0.4, -0.2) is 28.9 Å². The van der Waals surface area contributed by atoms with Crippen LogP contribution in [0.5, 0.6) is 17.2 Å². The molecule has 0 unspecified atom stereocenters. The number of hydrogen-bond acceptors (Lipinski definition) is 6. The van der Waals surface area contributed by atoms with Crippen LogP contribution in [0.1, 0.15) is 11.1 Å². The lowest BCUT2D eigenvalue weighted by Crippen LogP contribution is -2.24. The highest BCUT2D eigenvalue weighted by atomic mass is 16.5. The Kier molecular flexibility index (Phi) is 6.08. The predicted molar refractivity (Wildman–Crippen MR) is 108 cm³/mol. The highest BCUT2D eigenvalue weighted by molar-refractivity contribution is 5.86. The Bertz CT molecular complexity index is 1070. The highest BCUT2D eigenvalue weighted by Crippen LogP contribution is 2.26. The number of carbonyl (C=O) groups is 1. The SMILES string of the molecule is N#Cc1ccc(-c2ccc(OCC(=O)N/N=C/c3cccc(O)c3O)cc2)cc1. The summed E-state index contributed by atoms with van der Waals surface area (Å²) in [5.74, 6) is -0.540. The van der Waals surface area contributed by atoms with Crippen molar-refractivity contribution in [2.45, 2.75) is 0 Å². The van der Waals surface area contributed by atoms with E-state index in [2.05, 4.69) is 16.6 Å². The van der Waals surface area contributed by atoms with Crippen LogP contribution >= 0.6 is 0 Å². The van der Waals surface area contributed by atoms with E-state index in [9.17, 15) is 15.0 Å². The van der Waals surface area contributed by atoms with Crippen LogP contribution in [0.4, 0.5) is 0 Å². The summed E-state index contributed by atoms with van der Waals surface area (Å²) in [6, 6.07) is 20.9. The van der Waals surface area contributed by atoms with Crippen LogP contribution < -0.4 is 10.2 Å². The summed E-state index contributed by atoms with van der Waals surface area (Å²) in [6.45, 7) is -0.237. The molecule has 0 aliphatic heterocycles. The molecule has 0 saturated heterocycles. The lowest BCUT2D eigenvalue weighted by molar-refractivity contribution is -0.123. The molecule has 3 rings (SSSR count). The number of nitrogens with zero attached hydrogens (tertiary/aromatic N) is 2. The number of nitrogens with one attached hydrogen (secondary N) is 1. The maximum Gasteiger partial charge on any atom is 0.277 e. The van der Waals surface area contributed by atoms with Gasteiger partial charge in [-0.3, -0.25) is 4.79 Å². The molecule has 0 aliphatic rings. The van der Waals surface area contributed by atoms with Crippen molar-refractivity contribution in [1.29, 1.82) is 5.26 Å². The standard InChI is InChI=1S/C22H17N3O4/c23-12-15-4-6-16(7-5-15)17-8-10-19(11-9-17)29-14-21(27)25-24-13-18-2-1-3-20(26)22(18)28/h1-11,13,26,28H,14H2,(H,25,27)/b24-13+. The second kappa shape index (κ2) is 9.06. The molecule has 0 aliphatic carbocycles. The van der Waals surface area contributed by atoms with Gasteiger partial charge in [-0.25, -0.2) is 5.43 Å². The van der Waals surface area contributed by atoms with E-state index < -0.39 is 5.91 Å². The fourth-order valence-electron chi connectivity index (χ4n) is 2.49. The number of hydrazone groups is 1. The van der Waals surface area contributed by atoms with Gasteiger partial charge in [-0.2, -0.15) is 10.4 Å². The van der Waals surface area contributed by atoms with Gasteiger partial charge in [-0.1, -0.05) is 30.3 Å². The van der Waals surface area contributed by atoms with Crippen molar-refractivity contribution in [3.63, 3.8) is 0 Å². The number of aromatic hydroxyl groups is 2. The molecule has 0 aromatic heterocycles. The number of hydrogen-bond donors (Lipinski definition) is 3. The summed E-state index contributed by atoms with van der Waals surface area (Å²) in [6.07, 6.45) is 1.22. The van der Waals surface area contributed by atoms with Crippen molar-refractivity contribution < 1.29 is 19.7 Å². The molecule has 0 spiro atoms. The summed E-state index contributed by atoms with van der Waals surface area (Å²) in [5.41, 5.74) is 5.08. The average Bonchev–Trinajstić information content (AvgIpc) is 2.76. The fraction of sp³-hybridized carbons (Fsp3) is 0.0455. The minimum absolute atomic E-state index is 0.237. The third-order valence-electron chi connectivity index (χ3n) is 4.01. The zero-order valence-corrected chi connectivity index (χ0v) is 15.2. The van der Waals surface area contributed by atoms with Crippen molar-refractivity contribution in [1.82, 2.24) is 5.43 Å². The van der Waals surface area contributed by atoms with Crippen LogP contribution in [0.3, 0.4) is 0 Å². The Morgan fingerprint density at radius 1 is 1.03 bits per heavy atom. The normalized spacial score (nSPS) is 10.4. The van der Waals surface area contributed by atoms with Crippen molar-refractivity contribution in [3.8, 4) is 34.4 Å². The van der Waals surface area contributed by atoms with Crippen molar-refractivity contribution in [2.75, 3.05) is 6.61 Å². The quantitative estimate of drug-likeness (QED) is 0.341. The number of nitriles is 1. The molecule has 0 atom stereocenters. The molecule has 7 nitrogen and oxygen atoms in total. The van der Waals surface area contributed by atoms with Gasteiger partial charge >= 0.3 is 0 Å². The molecule has 29 heavy (non-hydrogen) atoms. The van der Waals surface area contributed by atoms with Crippen LogP contribution in [0.2, 0.25) is 0 Å². The summed E-state index contributed by atoms with van der Waals surface area (Å²) < 4.78 is 5.42. The maximum atomic E-state index is 11.8. The van der Waals surface area contributed by atoms with Crippen molar-refractivity contribution in [3.05, 3.63) is 77.9 Å². The van der Waals surface area contributed by atoms with Gasteiger partial charge in [0.1, 0.15) is 5.75 Å². The van der Waals surface area contributed by atoms with Crippen LogP contribution in [-0.2, 0) is 4.79 Å². The Balaban J connectivity index is 1.51. The van der Waals surface area contributed by atoms with Gasteiger partial charge < -0.3 is 14.9 Å². The molecule has 0 fully saturated rings. The van der Waals surface area contributed by atoms with E-state index in [0.717, 1.165) is 11.1 Å². The molecule has 0 heterocycles. The zero-order chi connectivity index (χ0) is 20.6. The molecule has 0 bridgehead atoms. The topological polar surface area (TPSA) is 115 Å². The first kappa shape index (κ1) is 19.5. The first-order chi connectivity index (χ1) is 14.1. The monoisotopic (exact) mass is 387 g/mol. The van der Waals surface area contributed by atoms with Crippen LogP contribution in [0.15, 0.2) is 71.8 Å². The van der Waals surface area contributed by atoms with E-state index in [4.69, 9.17) is 10.00 Å². The third-order valence-corrected chi connectivity index (χ3v) is 4.01. The molecular formula is C22H17N3O4. The number of ether oxygens (including phenoxy) is 1. The number of benzene rings is 3.